The van der Waals surface area contributed by atoms with Crippen LogP contribution in [0.15, 0.2) is 52.6 Å². The van der Waals surface area contributed by atoms with Gasteiger partial charge in [-0.3, -0.25) is 4.79 Å². The summed E-state index contributed by atoms with van der Waals surface area (Å²) in [5.41, 5.74) is 2.15. The Balaban J connectivity index is 1.94. The van der Waals surface area contributed by atoms with Gasteiger partial charge in [-0.05, 0) is 18.2 Å². The van der Waals surface area contributed by atoms with Crippen molar-refractivity contribution in [2.45, 2.75) is 13.0 Å². The summed E-state index contributed by atoms with van der Waals surface area (Å²) < 4.78 is 5.67. The minimum atomic E-state index is -0.193. The molecule has 3 rings (SSSR count). The van der Waals surface area contributed by atoms with Crippen LogP contribution in [0.1, 0.15) is 18.9 Å². The van der Waals surface area contributed by atoms with E-state index in [1.54, 1.807) is 6.08 Å². The molecule has 1 aliphatic heterocycles. The maximum atomic E-state index is 11.3. The molecule has 90 valence electrons. The molecule has 18 heavy (non-hydrogen) atoms. The van der Waals surface area contributed by atoms with Gasteiger partial charge in [-0.25, -0.2) is 4.98 Å². The molecule has 2 heterocycles. The standard InChI is InChI=1S/C14H12N2O2/c1-9(17)10-6-4-7-12(15-10)14-16-11-5-2-3-8-13(11)18-14/h2-8,12,15H,1H3. The number of Topliss-reactive ketones (excluding diaryl/α,β-unsaturated/α-hetero) is 1. The van der Waals surface area contributed by atoms with E-state index in [-0.39, 0.29) is 11.8 Å². The third-order valence-electron chi connectivity index (χ3n) is 2.83. The molecule has 0 radical (unpaired) electrons. The van der Waals surface area contributed by atoms with Gasteiger partial charge in [-0.2, -0.15) is 0 Å². The van der Waals surface area contributed by atoms with Gasteiger partial charge in [0.15, 0.2) is 11.4 Å². The number of fused-ring (bicyclic) bond motifs is 1. The van der Waals surface area contributed by atoms with Crippen molar-refractivity contribution < 1.29 is 9.21 Å². The lowest BCUT2D eigenvalue weighted by molar-refractivity contribution is -0.114. The molecule has 1 N–H and O–H groups in total. The minimum Gasteiger partial charge on any atom is -0.438 e. The number of carbonyl (C=O) groups is 1. The molecule has 0 amide bonds. The van der Waals surface area contributed by atoms with Crippen molar-refractivity contribution in [3.63, 3.8) is 0 Å². The van der Waals surface area contributed by atoms with Crippen LogP contribution in [0.3, 0.4) is 0 Å². The normalized spacial score (nSPS) is 18.5. The molecule has 0 aliphatic carbocycles. The molecule has 1 aliphatic rings. The predicted octanol–water partition coefficient (Wildman–Crippen LogP) is 2.50. The molecule has 4 heteroatoms. The van der Waals surface area contributed by atoms with Crippen LogP contribution in [0.2, 0.25) is 0 Å². The van der Waals surface area contributed by atoms with Crippen molar-refractivity contribution in [2.24, 2.45) is 0 Å². The van der Waals surface area contributed by atoms with Crippen LogP contribution in [0, 0.1) is 0 Å². The van der Waals surface area contributed by atoms with Crippen molar-refractivity contribution in [3.05, 3.63) is 54.1 Å². The number of ketones is 1. The van der Waals surface area contributed by atoms with E-state index in [4.69, 9.17) is 4.42 Å². The minimum absolute atomic E-state index is 0.000427. The highest BCUT2D eigenvalue weighted by molar-refractivity contribution is 5.93. The molecule has 0 spiro atoms. The number of benzene rings is 1. The number of carbonyl (C=O) groups excluding carboxylic acids is 1. The molecule has 4 nitrogen and oxygen atoms in total. The number of oxazole rings is 1. The quantitative estimate of drug-likeness (QED) is 0.876. The highest BCUT2D eigenvalue weighted by atomic mass is 16.3. The van der Waals surface area contributed by atoms with Gasteiger partial charge < -0.3 is 9.73 Å². The van der Waals surface area contributed by atoms with E-state index < -0.39 is 0 Å². The summed E-state index contributed by atoms with van der Waals surface area (Å²) >= 11 is 0. The van der Waals surface area contributed by atoms with Crippen LogP contribution in [-0.2, 0) is 4.79 Å². The monoisotopic (exact) mass is 240 g/mol. The number of aromatic nitrogens is 1. The van der Waals surface area contributed by atoms with Gasteiger partial charge in [-0.15, -0.1) is 0 Å². The van der Waals surface area contributed by atoms with Crippen LogP contribution in [-0.4, -0.2) is 10.8 Å². The lowest BCUT2D eigenvalue weighted by Gasteiger charge is -2.17. The summed E-state index contributed by atoms with van der Waals surface area (Å²) in [4.78, 5) is 15.7. The first-order chi connectivity index (χ1) is 8.74. The van der Waals surface area contributed by atoms with Gasteiger partial charge >= 0.3 is 0 Å². The predicted molar refractivity (Wildman–Crippen MR) is 67.8 cm³/mol. The highest BCUT2D eigenvalue weighted by Crippen LogP contribution is 2.23. The second-order valence-electron chi connectivity index (χ2n) is 4.16. The molecule has 0 fully saturated rings. The SMILES string of the molecule is CC(=O)C1=CC=CC(c2nc3ccccc3o2)N1. The van der Waals surface area contributed by atoms with Crippen molar-refractivity contribution in [1.29, 1.82) is 0 Å². The van der Waals surface area contributed by atoms with E-state index in [2.05, 4.69) is 10.3 Å². The largest absolute Gasteiger partial charge is 0.438 e. The number of para-hydroxylation sites is 2. The van der Waals surface area contributed by atoms with Crippen molar-refractivity contribution in [3.8, 4) is 0 Å². The average Bonchev–Trinajstić information content (AvgIpc) is 2.82. The first-order valence-electron chi connectivity index (χ1n) is 5.75. The van der Waals surface area contributed by atoms with E-state index >= 15 is 0 Å². The molecule has 1 atom stereocenters. The number of nitrogens with zero attached hydrogens (tertiary/aromatic N) is 1. The molecular formula is C14H12N2O2. The Hall–Kier alpha value is -2.36. The second-order valence-corrected chi connectivity index (χ2v) is 4.16. The summed E-state index contributed by atoms with van der Waals surface area (Å²) in [6.07, 6.45) is 5.51. The number of hydrogen-bond donors (Lipinski definition) is 1. The summed E-state index contributed by atoms with van der Waals surface area (Å²) in [5, 5.41) is 3.10. The Bertz CT molecular complexity index is 634. The van der Waals surface area contributed by atoms with Crippen LogP contribution >= 0.6 is 0 Å². The van der Waals surface area contributed by atoms with Gasteiger partial charge in [0, 0.05) is 6.92 Å². The zero-order chi connectivity index (χ0) is 12.5. The fraction of sp³-hybridized carbons (Fsp3) is 0.143. The zero-order valence-corrected chi connectivity index (χ0v) is 9.88. The van der Waals surface area contributed by atoms with Crippen molar-refractivity contribution in [1.82, 2.24) is 10.3 Å². The van der Waals surface area contributed by atoms with Gasteiger partial charge in [-0.1, -0.05) is 24.3 Å². The van der Waals surface area contributed by atoms with Gasteiger partial charge in [0.25, 0.3) is 0 Å². The lowest BCUT2D eigenvalue weighted by Crippen LogP contribution is -2.25. The summed E-state index contributed by atoms with van der Waals surface area (Å²) in [5.74, 6) is 0.569. The number of allylic oxidation sites excluding steroid dienone is 3. The molecule has 1 unspecified atom stereocenters. The lowest BCUT2D eigenvalue weighted by atomic mass is 10.1. The Morgan fingerprint density at radius 2 is 2.22 bits per heavy atom. The van der Waals surface area contributed by atoms with Gasteiger partial charge in [0.05, 0.1) is 5.70 Å². The zero-order valence-electron chi connectivity index (χ0n) is 9.88. The molecule has 1 aromatic heterocycles. The number of nitrogens with one attached hydrogen (secondary N) is 1. The fourth-order valence-corrected chi connectivity index (χ4v) is 1.91. The third kappa shape index (κ3) is 1.82. The number of rotatable bonds is 2. The van der Waals surface area contributed by atoms with Crippen molar-refractivity contribution >= 4 is 16.9 Å². The summed E-state index contributed by atoms with van der Waals surface area (Å²) in [6.45, 7) is 1.53. The average molecular weight is 240 g/mol. The Morgan fingerprint density at radius 1 is 1.39 bits per heavy atom. The third-order valence-corrected chi connectivity index (χ3v) is 2.83. The number of hydrogen-bond acceptors (Lipinski definition) is 4. The fourth-order valence-electron chi connectivity index (χ4n) is 1.91. The first-order valence-corrected chi connectivity index (χ1v) is 5.75. The summed E-state index contributed by atoms with van der Waals surface area (Å²) in [7, 11) is 0. The topological polar surface area (TPSA) is 55.1 Å². The Morgan fingerprint density at radius 3 is 3.00 bits per heavy atom. The van der Waals surface area contributed by atoms with Crippen molar-refractivity contribution in [2.75, 3.05) is 0 Å². The van der Waals surface area contributed by atoms with Gasteiger partial charge in [0.1, 0.15) is 11.6 Å². The maximum absolute atomic E-state index is 11.3. The van der Waals surface area contributed by atoms with E-state index in [0.29, 0.717) is 11.6 Å². The Kier molecular flexibility index (Phi) is 2.48. The molecule has 0 saturated heterocycles. The van der Waals surface area contributed by atoms with E-state index in [1.165, 1.54) is 6.92 Å². The molecular weight excluding hydrogens is 228 g/mol. The van der Waals surface area contributed by atoms with Crippen LogP contribution in [0.5, 0.6) is 0 Å². The Labute approximate surface area is 104 Å². The molecule has 0 saturated carbocycles. The van der Waals surface area contributed by atoms with E-state index in [9.17, 15) is 4.79 Å². The van der Waals surface area contributed by atoms with Gasteiger partial charge in [0.2, 0.25) is 5.89 Å². The molecule has 2 aromatic rings. The molecule has 1 aromatic carbocycles. The highest BCUT2D eigenvalue weighted by Gasteiger charge is 2.19. The number of dihydropyridines is 1. The maximum Gasteiger partial charge on any atom is 0.222 e. The van der Waals surface area contributed by atoms with Crippen LogP contribution in [0.4, 0.5) is 0 Å². The summed E-state index contributed by atoms with van der Waals surface area (Å²) in [6, 6.07) is 7.40. The first kappa shape index (κ1) is 10.8. The van der Waals surface area contributed by atoms with Crippen LogP contribution in [0.25, 0.3) is 11.1 Å². The molecule has 0 bridgehead atoms. The van der Waals surface area contributed by atoms with Crippen LogP contribution < -0.4 is 5.32 Å². The van der Waals surface area contributed by atoms with E-state index in [0.717, 1.165) is 11.1 Å². The smallest absolute Gasteiger partial charge is 0.222 e. The van der Waals surface area contributed by atoms with E-state index in [1.807, 2.05) is 36.4 Å². The second kappa shape index (κ2) is 4.14.